The average Bonchev–Trinajstić information content (AvgIpc) is 2.85. The molecule has 1 amide bonds. The van der Waals surface area contributed by atoms with Crippen molar-refractivity contribution in [3.8, 4) is 0 Å². The molecule has 2 rings (SSSR count). The zero-order chi connectivity index (χ0) is 13.3. The average molecular weight is 246 g/mol. The van der Waals surface area contributed by atoms with Gasteiger partial charge in [0.05, 0.1) is 0 Å². The third-order valence-electron chi connectivity index (χ3n) is 4.04. The van der Waals surface area contributed by atoms with Crippen molar-refractivity contribution in [2.45, 2.75) is 45.6 Å². The minimum atomic E-state index is 0.103. The van der Waals surface area contributed by atoms with E-state index in [0.29, 0.717) is 11.7 Å². The van der Waals surface area contributed by atoms with Crippen LogP contribution in [0.3, 0.4) is 0 Å². The monoisotopic (exact) mass is 246 g/mol. The Hall–Kier alpha value is -1.51. The van der Waals surface area contributed by atoms with Crippen LogP contribution in [0, 0.1) is 13.8 Å². The Labute approximate surface area is 109 Å². The highest BCUT2D eigenvalue weighted by molar-refractivity contribution is 5.96. The summed E-state index contributed by atoms with van der Waals surface area (Å²) < 4.78 is 0. The molecule has 3 nitrogen and oxygen atoms in total. The van der Waals surface area contributed by atoms with Gasteiger partial charge in [0, 0.05) is 24.3 Å². The number of carbonyl (C=O) groups excluding carboxylic acids is 1. The number of carbonyl (C=O) groups is 1. The first-order chi connectivity index (χ1) is 8.50. The molecule has 0 heterocycles. The molecule has 1 saturated carbocycles. The summed E-state index contributed by atoms with van der Waals surface area (Å²) in [5, 5.41) is 0. The lowest BCUT2D eigenvalue weighted by atomic mass is 10.0. The van der Waals surface area contributed by atoms with Crippen LogP contribution in [-0.2, 0) is 0 Å². The third kappa shape index (κ3) is 2.35. The molecule has 3 heteroatoms. The van der Waals surface area contributed by atoms with Gasteiger partial charge in [0.2, 0.25) is 0 Å². The summed E-state index contributed by atoms with van der Waals surface area (Å²) in [6.45, 7) is 3.94. The molecule has 0 spiro atoms. The second-order valence-electron chi connectivity index (χ2n) is 5.38. The number of rotatable bonds is 2. The molecule has 0 unspecified atom stereocenters. The number of nitrogens with two attached hydrogens (primary N) is 1. The van der Waals surface area contributed by atoms with Crippen LogP contribution in [0.2, 0.25) is 0 Å². The molecule has 0 aliphatic heterocycles. The van der Waals surface area contributed by atoms with Crippen molar-refractivity contribution < 1.29 is 4.79 Å². The standard InChI is InChI=1S/C15H22N2O/c1-10-8-11(2)14(16)9-13(10)15(18)17(3)12-6-4-5-7-12/h8-9,12H,4-7,16H2,1-3H3. The topological polar surface area (TPSA) is 46.3 Å². The lowest BCUT2D eigenvalue weighted by molar-refractivity contribution is 0.0734. The Balaban J connectivity index is 2.25. The first-order valence-corrected chi connectivity index (χ1v) is 6.64. The van der Waals surface area contributed by atoms with Crippen molar-refractivity contribution in [3.63, 3.8) is 0 Å². The lowest BCUT2D eigenvalue weighted by Crippen LogP contribution is -2.35. The van der Waals surface area contributed by atoms with Gasteiger partial charge in [-0.15, -0.1) is 0 Å². The molecule has 1 aliphatic rings. The summed E-state index contributed by atoms with van der Waals surface area (Å²) in [6, 6.07) is 4.21. The summed E-state index contributed by atoms with van der Waals surface area (Å²) in [6.07, 6.45) is 4.72. The fourth-order valence-corrected chi connectivity index (χ4v) is 2.75. The Morgan fingerprint density at radius 3 is 2.44 bits per heavy atom. The molecule has 0 bridgehead atoms. The molecular weight excluding hydrogens is 224 g/mol. The number of benzene rings is 1. The SMILES string of the molecule is Cc1cc(C)c(C(=O)N(C)C2CCCC2)cc1N. The second-order valence-corrected chi connectivity index (χ2v) is 5.38. The van der Waals surface area contributed by atoms with E-state index >= 15 is 0 Å². The van der Waals surface area contributed by atoms with Crippen LogP contribution < -0.4 is 5.73 Å². The number of amides is 1. The van der Waals surface area contributed by atoms with Gasteiger partial charge in [0.1, 0.15) is 0 Å². The fraction of sp³-hybridized carbons (Fsp3) is 0.533. The number of hydrogen-bond donors (Lipinski definition) is 1. The van der Waals surface area contributed by atoms with Gasteiger partial charge in [0.15, 0.2) is 0 Å². The van der Waals surface area contributed by atoms with Crippen LogP contribution in [0.4, 0.5) is 5.69 Å². The van der Waals surface area contributed by atoms with Crippen molar-refractivity contribution in [1.29, 1.82) is 0 Å². The number of nitrogens with zero attached hydrogens (tertiary/aromatic N) is 1. The minimum absolute atomic E-state index is 0.103. The summed E-state index contributed by atoms with van der Waals surface area (Å²) >= 11 is 0. The third-order valence-corrected chi connectivity index (χ3v) is 4.04. The van der Waals surface area contributed by atoms with E-state index in [2.05, 4.69) is 0 Å². The van der Waals surface area contributed by atoms with Crippen LogP contribution in [0.15, 0.2) is 12.1 Å². The van der Waals surface area contributed by atoms with Crippen LogP contribution >= 0.6 is 0 Å². The van der Waals surface area contributed by atoms with Gasteiger partial charge >= 0.3 is 0 Å². The Bertz CT molecular complexity index is 462. The maximum absolute atomic E-state index is 12.5. The van der Waals surface area contributed by atoms with E-state index in [-0.39, 0.29) is 5.91 Å². The molecule has 1 aliphatic carbocycles. The summed E-state index contributed by atoms with van der Waals surface area (Å²) in [5.41, 5.74) is 9.40. The predicted molar refractivity (Wildman–Crippen MR) is 74.7 cm³/mol. The van der Waals surface area contributed by atoms with Crippen molar-refractivity contribution in [2.24, 2.45) is 0 Å². The van der Waals surface area contributed by atoms with E-state index < -0.39 is 0 Å². The normalized spacial score (nSPS) is 15.9. The smallest absolute Gasteiger partial charge is 0.254 e. The molecule has 1 fully saturated rings. The highest BCUT2D eigenvalue weighted by atomic mass is 16.2. The largest absolute Gasteiger partial charge is 0.398 e. The van der Waals surface area contributed by atoms with E-state index in [0.717, 1.165) is 29.5 Å². The van der Waals surface area contributed by atoms with Gasteiger partial charge < -0.3 is 10.6 Å². The molecule has 1 aromatic rings. The van der Waals surface area contributed by atoms with Crippen LogP contribution in [0.5, 0.6) is 0 Å². The first-order valence-electron chi connectivity index (χ1n) is 6.64. The van der Waals surface area contributed by atoms with Gasteiger partial charge in [-0.1, -0.05) is 18.9 Å². The van der Waals surface area contributed by atoms with Gasteiger partial charge in [-0.25, -0.2) is 0 Å². The summed E-state index contributed by atoms with van der Waals surface area (Å²) in [7, 11) is 1.91. The first kappa shape index (κ1) is 12.9. The highest BCUT2D eigenvalue weighted by Crippen LogP contribution is 2.25. The second kappa shape index (κ2) is 5.01. The molecule has 18 heavy (non-hydrogen) atoms. The van der Waals surface area contributed by atoms with Crippen LogP contribution in [-0.4, -0.2) is 23.9 Å². The molecule has 0 radical (unpaired) electrons. The quantitative estimate of drug-likeness (QED) is 0.816. The van der Waals surface area contributed by atoms with Crippen molar-refractivity contribution >= 4 is 11.6 Å². The fourth-order valence-electron chi connectivity index (χ4n) is 2.75. The predicted octanol–water partition coefficient (Wildman–Crippen LogP) is 2.90. The summed E-state index contributed by atoms with van der Waals surface area (Å²) in [5.74, 6) is 0.103. The van der Waals surface area contributed by atoms with E-state index in [1.54, 1.807) is 0 Å². The van der Waals surface area contributed by atoms with E-state index in [1.165, 1.54) is 12.8 Å². The Kier molecular flexibility index (Phi) is 3.60. The van der Waals surface area contributed by atoms with Gasteiger partial charge in [0.25, 0.3) is 5.91 Å². The van der Waals surface area contributed by atoms with E-state index in [4.69, 9.17) is 5.73 Å². The van der Waals surface area contributed by atoms with Gasteiger partial charge in [-0.3, -0.25) is 4.79 Å². The van der Waals surface area contributed by atoms with Crippen LogP contribution in [0.25, 0.3) is 0 Å². The number of nitrogen functional groups attached to an aromatic ring is 1. The lowest BCUT2D eigenvalue weighted by Gasteiger charge is -2.25. The number of hydrogen-bond acceptors (Lipinski definition) is 2. The van der Waals surface area contributed by atoms with E-state index in [1.807, 2.05) is 37.9 Å². The van der Waals surface area contributed by atoms with Crippen LogP contribution in [0.1, 0.15) is 47.2 Å². The maximum atomic E-state index is 12.5. The zero-order valence-corrected chi connectivity index (χ0v) is 11.5. The molecule has 98 valence electrons. The molecule has 0 aromatic heterocycles. The molecule has 2 N–H and O–H groups in total. The molecule has 1 aromatic carbocycles. The maximum Gasteiger partial charge on any atom is 0.254 e. The Morgan fingerprint density at radius 1 is 1.22 bits per heavy atom. The summed E-state index contributed by atoms with van der Waals surface area (Å²) in [4.78, 5) is 14.4. The van der Waals surface area contributed by atoms with Crippen molar-refractivity contribution in [2.75, 3.05) is 12.8 Å². The van der Waals surface area contributed by atoms with E-state index in [9.17, 15) is 4.79 Å². The zero-order valence-electron chi connectivity index (χ0n) is 11.5. The van der Waals surface area contributed by atoms with Crippen molar-refractivity contribution in [1.82, 2.24) is 4.90 Å². The molecule has 0 saturated heterocycles. The molecular formula is C15H22N2O. The van der Waals surface area contributed by atoms with Gasteiger partial charge in [-0.2, -0.15) is 0 Å². The highest BCUT2D eigenvalue weighted by Gasteiger charge is 2.25. The minimum Gasteiger partial charge on any atom is -0.398 e. The number of anilines is 1. The van der Waals surface area contributed by atoms with Gasteiger partial charge in [-0.05, 0) is 43.9 Å². The molecule has 0 atom stereocenters. The number of aryl methyl sites for hydroxylation is 2. The van der Waals surface area contributed by atoms with Crippen molar-refractivity contribution in [3.05, 3.63) is 28.8 Å². The Morgan fingerprint density at radius 2 is 1.83 bits per heavy atom.